The molecule has 0 saturated heterocycles. The van der Waals surface area contributed by atoms with Crippen molar-refractivity contribution in [2.24, 2.45) is 0 Å². The summed E-state index contributed by atoms with van der Waals surface area (Å²) in [6.07, 6.45) is 3.41. The van der Waals surface area contributed by atoms with E-state index in [4.69, 9.17) is 4.74 Å². The fourth-order valence-corrected chi connectivity index (χ4v) is 2.35. The number of carbonyl (C=O) groups is 1. The molecule has 4 nitrogen and oxygen atoms in total. The van der Waals surface area contributed by atoms with Crippen molar-refractivity contribution in [1.82, 2.24) is 4.90 Å². The van der Waals surface area contributed by atoms with Crippen molar-refractivity contribution >= 4 is 11.6 Å². The second-order valence-electron chi connectivity index (χ2n) is 5.50. The zero-order chi connectivity index (χ0) is 17.9. The summed E-state index contributed by atoms with van der Waals surface area (Å²) in [4.78, 5) is 14.0. The van der Waals surface area contributed by atoms with Crippen LogP contribution in [0.3, 0.4) is 0 Å². The van der Waals surface area contributed by atoms with Gasteiger partial charge < -0.3 is 15.0 Å². The van der Waals surface area contributed by atoms with Gasteiger partial charge in [0.1, 0.15) is 12.4 Å². The molecule has 2 rings (SSSR count). The Morgan fingerprint density at radius 1 is 1.00 bits per heavy atom. The Hall–Kier alpha value is -3.01. The molecule has 0 fully saturated rings. The van der Waals surface area contributed by atoms with Gasteiger partial charge >= 0.3 is 0 Å². The number of nitrogens with one attached hydrogen (secondary N) is 1. The molecule has 1 amide bonds. The first-order valence-electron chi connectivity index (χ1n) is 8.23. The van der Waals surface area contributed by atoms with Gasteiger partial charge in [-0.1, -0.05) is 54.6 Å². The van der Waals surface area contributed by atoms with Gasteiger partial charge in [0.25, 0.3) is 0 Å². The minimum Gasteiger partial charge on any atom is -0.487 e. The van der Waals surface area contributed by atoms with E-state index < -0.39 is 0 Å². The number of rotatable bonds is 10. The third kappa shape index (κ3) is 5.84. The zero-order valence-corrected chi connectivity index (χ0v) is 14.4. The lowest BCUT2D eigenvalue weighted by Crippen LogP contribution is -2.35. The highest BCUT2D eigenvalue weighted by Crippen LogP contribution is 2.24. The van der Waals surface area contributed by atoms with Crippen LogP contribution < -0.4 is 10.1 Å². The van der Waals surface area contributed by atoms with Gasteiger partial charge in [0.05, 0.1) is 12.2 Å². The molecule has 4 heteroatoms. The lowest BCUT2D eigenvalue weighted by Gasteiger charge is -2.20. The molecule has 2 aromatic rings. The van der Waals surface area contributed by atoms with Gasteiger partial charge in [0.15, 0.2) is 0 Å². The quantitative estimate of drug-likeness (QED) is 0.670. The van der Waals surface area contributed by atoms with E-state index in [9.17, 15) is 4.79 Å². The molecule has 0 radical (unpaired) electrons. The number of amides is 1. The van der Waals surface area contributed by atoms with Crippen LogP contribution in [0.4, 0.5) is 5.69 Å². The molecule has 0 aromatic heterocycles. The second-order valence-corrected chi connectivity index (χ2v) is 5.50. The average Bonchev–Trinajstić information content (AvgIpc) is 2.65. The fraction of sp³-hybridized carbons (Fsp3) is 0.190. The van der Waals surface area contributed by atoms with Crippen molar-refractivity contribution < 1.29 is 9.53 Å². The summed E-state index contributed by atoms with van der Waals surface area (Å²) in [6.45, 7) is 9.03. The summed E-state index contributed by atoms with van der Waals surface area (Å²) in [7, 11) is 0. The van der Waals surface area contributed by atoms with Crippen molar-refractivity contribution in [1.29, 1.82) is 0 Å². The summed E-state index contributed by atoms with van der Waals surface area (Å²) < 4.78 is 5.89. The van der Waals surface area contributed by atoms with Crippen LogP contribution in [0.25, 0.3) is 0 Å². The van der Waals surface area contributed by atoms with Gasteiger partial charge in [-0.2, -0.15) is 0 Å². The molecular formula is C21H24N2O2. The van der Waals surface area contributed by atoms with E-state index >= 15 is 0 Å². The minimum atomic E-state index is -0.0161. The van der Waals surface area contributed by atoms with Crippen molar-refractivity contribution in [2.45, 2.75) is 6.61 Å². The van der Waals surface area contributed by atoms with Gasteiger partial charge in [0.2, 0.25) is 5.91 Å². The predicted octanol–water partition coefficient (Wildman–Crippen LogP) is 3.88. The predicted molar refractivity (Wildman–Crippen MR) is 103 cm³/mol. The smallest absolute Gasteiger partial charge is 0.242 e. The minimum absolute atomic E-state index is 0.0161. The fourth-order valence-electron chi connectivity index (χ4n) is 2.35. The van der Waals surface area contributed by atoms with Gasteiger partial charge in [-0.3, -0.25) is 4.79 Å². The molecule has 130 valence electrons. The van der Waals surface area contributed by atoms with Crippen molar-refractivity contribution in [2.75, 3.05) is 25.0 Å². The van der Waals surface area contributed by atoms with Crippen LogP contribution in [0, 0.1) is 0 Å². The van der Waals surface area contributed by atoms with E-state index in [2.05, 4.69) is 18.5 Å². The first kappa shape index (κ1) is 18.3. The molecule has 0 bridgehead atoms. The highest BCUT2D eigenvalue weighted by atomic mass is 16.5. The lowest BCUT2D eigenvalue weighted by molar-refractivity contribution is -0.128. The van der Waals surface area contributed by atoms with E-state index in [-0.39, 0.29) is 12.5 Å². The maximum Gasteiger partial charge on any atom is 0.242 e. The Labute approximate surface area is 149 Å². The van der Waals surface area contributed by atoms with E-state index in [0.717, 1.165) is 17.0 Å². The third-order valence-corrected chi connectivity index (χ3v) is 3.61. The number of anilines is 1. The maximum absolute atomic E-state index is 12.3. The molecule has 0 aliphatic carbocycles. The molecule has 0 aliphatic rings. The second kappa shape index (κ2) is 9.98. The van der Waals surface area contributed by atoms with Gasteiger partial charge in [-0.05, 0) is 17.7 Å². The van der Waals surface area contributed by atoms with Crippen LogP contribution in [0.2, 0.25) is 0 Å². The molecule has 0 aliphatic heterocycles. The number of hydrogen-bond donors (Lipinski definition) is 1. The van der Waals surface area contributed by atoms with Crippen LogP contribution in [0.5, 0.6) is 5.75 Å². The van der Waals surface area contributed by atoms with Gasteiger partial charge in [-0.15, -0.1) is 13.2 Å². The maximum atomic E-state index is 12.3. The van der Waals surface area contributed by atoms with E-state index in [1.165, 1.54) is 0 Å². The lowest BCUT2D eigenvalue weighted by atomic mass is 10.2. The number of benzene rings is 2. The summed E-state index contributed by atoms with van der Waals surface area (Å²) in [5.74, 6) is 0.704. The van der Waals surface area contributed by atoms with E-state index in [0.29, 0.717) is 19.7 Å². The number of carbonyl (C=O) groups excluding carboxylic acids is 1. The first-order chi connectivity index (χ1) is 12.2. The third-order valence-electron chi connectivity index (χ3n) is 3.61. The molecule has 2 aromatic carbocycles. The van der Waals surface area contributed by atoms with Crippen LogP contribution in [0.1, 0.15) is 5.56 Å². The Balaban J connectivity index is 1.96. The summed E-state index contributed by atoms with van der Waals surface area (Å²) in [6, 6.07) is 17.6. The molecule has 0 spiro atoms. The summed E-state index contributed by atoms with van der Waals surface area (Å²) >= 11 is 0. The Kier molecular flexibility index (Phi) is 7.32. The molecule has 0 heterocycles. The number of nitrogens with zero attached hydrogens (tertiary/aromatic N) is 1. The highest BCUT2D eigenvalue weighted by Gasteiger charge is 2.11. The largest absolute Gasteiger partial charge is 0.487 e. The monoisotopic (exact) mass is 336 g/mol. The summed E-state index contributed by atoms with van der Waals surface area (Å²) in [5, 5.41) is 3.16. The SMILES string of the molecule is C=CCN(CC=C)C(=O)CNc1ccccc1OCc1ccccc1. The Morgan fingerprint density at radius 2 is 1.64 bits per heavy atom. The molecule has 0 saturated carbocycles. The molecule has 0 unspecified atom stereocenters. The first-order valence-corrected chi connectivity index (χ1v) is 8.23. The van der Waals surface area contributed by atoms with Gasteiger partial charge in [-0.25, -0.2) is 0 Å². The number of ether oxygens (including phenoxy) is 1. The van der Waals surface area contributed by atoms with E-state index in [1.807, 2.05) is 54.6 Å². The van der Waals surface area contributed by atoms with Crippen molar-refractivity contribution in [3.8, 4) is 5.75 Å². The van der Waals surface area contributed by atoms with Crippen molar-refractivity contribution in [3.63, 3.8) is 0 Å². The van der Waals surface area contributed by atoms with Crippen LogP contribution >= 0.6 is 0 Å². The standard InChI is InChI=1S/C21H24N2O2/c1-3-14-23(15-4-2)21(24)16-22-19-12-8-9-13-20(19)25-17-18-10-6-5-7-11-18/h3-13,22H,1-2,14-17H2. The Bertz CT molecular complexity index is 688. The summed E-state index contributed by atoms with van der Waals surface area (Å²) in [5.41, 5.74) is 1.89. The highest BCUT2D eigenvalue weighted by molar-refractivity contribution is 5.81. The molecule has 1 N–H and O–H groups in total. The molecular weight excluding hydrogens is 312 g/mol. The van der Waals surface area contributed by atoms with Gasteiger partial charge in [0, 0.05) is 13.1 Å². The van der Waals surface area contributed by atoms with Crippen molar-refractivity contribution in [3.05, 3.63) is 85.5 Å². The molecule has 0 atom stereocenters. The van der Waals surface area contributed by atoms with E-state index in [1.54, 1.807) is 17.1 Å². The average molecular weight is 336 g/mol. The normalized spacial score (nSPS) is 9.92. The van der Waals surface area contributed by atoms with Crippen LogP contribution in [0.15, 0.2) is 79.9 Å². The topological polar surface area (TPSA) is 41.6 Å². The van der Waals surface area contributed by atoms with Crippen LogP contribution in [-0.4, -0.2) is 30.4 Å². The number of para-hydroxylation sites is 2. The molecule has 25 heavy (non-hydrogen) atoms. The number of hydrogen-bond acceptors (Lipinski definition) is 3. The van der Waals surface area contributed by atoms with Crippen LogP contribution in [-0.2, 0) is 11.4 Å². The zero-order valence-electron chi connectivity index (χ0n) is 14.4. The Morgan fingerprint density at radius 3 is 2.32 bits per heavy atom.